The lowest BCUT2D eigenvalue weighted by Gasteiger charge is -2.35. The number of rotatable bonds is 5. The van der Waals surface area contributed by atoms with E-state index in [1.54, 1.807) is 31.5 Å². The number of fused-ring (bicyclic) bond motifs is 1. The summed E-state index contributed by atoms with van der Waals surface area (Å²) in [4.78, 5) is 20.0. The highest BCUT2D eigenvalue weighted by atomic mass is 19.3. The summed E-state index contributed by atoms with van der Waals surface area (Å²) in [5.74, 6) is -2.86. The van der Waals surface area contributed by atoms with Gasteiger partial charge in [0, 0.05) is 44.1 Å². The Morgan fingerprint density at radius 3 is 2.76 bits per heavy atom. The quantitative estimate of drug-likeness (QED) is 0.684. The highest BCUT2D eigenvalue weighted by Gasteiger charge is 2.32. The van der Waals surface area contributed by atoms with Crippen molar-refractivity contribution in [2.24, 2.45) is 0 Å². The van der Waals surface area contributed by atoms with Gasteiger partial charge in [0.2, 0.25) is 5.91 Å². The molecule has 29 heavy (non-hydrogen) atoms. The Morgan fingerprint density at radius 1 is 1.34 bits per heavy atom. The topological polar surface area (TPSA) is 69.0 Å². The number of anilines is 1. The molecule has 0 unspecified atom stereocenters. The second-order valence-electron chi connectivity index (χ2n) is 7.50. The van der Waals surface area contributed by atoms with Crippen LogP contribution < -0.4 is 5.32 Å². The van der Waals surface area contributed by atoms with Gasteiger partial charge in [0.1, 0.15) is 11.5 Å². The fourth-order valence-corrected chi connectivity index (χ4v) is 3.69. The number of carbonyl (C=O) groups excluding carboxylic acids is 1. The van der Waals surface area contributed by atoms with E-state index in [4.69, 9.17) is 4.74 Å². The average molecular weight is 400 g/mol. The van der Waals surface area contributed by atoms with Crippen LogP contribution in [-0.2, 0) is 15.5 Å². The van der Waals surface area contributed by atoms with Crippen LogP contribution in [-0.4, -0.2) is 33.7 Å². The van der Waals surface area contributed by atoms with Gasteiger partial charge in [-0.3, -0.25) is 4.79 Å². The van der Waals surface area contributed by atoms with E-state index in [1.807, 2.05) is 6.20 Å². The zero-order valence-corrected chi connectivity index (χ0v) is 16.4. The molecule has 1 saturated carbocycles. The molecule has 8 heteroatoms. The molecule has 0 radical (unpaired) electrons. The van der Waals surface area contributed by atoms with Crippen LogP contribution in [0.2, 0.25) is 0 Å². The average Bonchev–Trinajstić information content (AvgIpc) is 2.98. The predicted molar refractivity (Wildman–Crippen MR) is 106 cm³/mol. The van der Waals surface area contributed by atoms with E-state index in [0.29, 0.717) is 11.5 Å². The third-order valence-electron chi connectivity index (χ3n) is 5.30. The van der Waals surface area contributed by atoms with Crippen molar-refractivity contribution in [3.05, 3.63) is 42.4 Å². The first kappa shape index (κ1) is 19.4. The first-order chi connectivity index (χ1) is 13.8. The molecule has 1 N–H and O–H groups in total. The molecule has 0 saturated heterocycles. The number of ether oxygens (including phenoxy) is 1. The van der Waals surface area contributed by atoms with Crippen molar-refractivity contribution in [2.45, 2.75) is 44.8 Å². The monoisotopic (exact) mass is 400 g/mol. The van der Waals surface area contributed by atoms with Gasteiger partial charge in [0.15, 0.2) is 0 Å². The number of amides is 1. The van der Waals surface area contributed by atoms with Crippen molar-refractivity contribution in [3.63, 3.8) is 0 Å². The van der Waals surface area contributed by atoms with Crippen LogP contribution in [0.4, 0.5) is 14.6 Å². The van der Waals surface area contributed by atoms with E-state index in [0.717, 1.165) is 36.2 Å². The van der Waals surface area contributed by atoms with E-state index in [2.05, 4.69) is 19.9 Å². The molecule has 3 aromatic heterocycles. The third-order valence-corrected chi connectivity index (χ3v) is 5.30. The summed E-state index contributed by atoms with van der Waals surface area (Å²) < 4.78 is 35.1. The number of methoxy groups -OCH3 is 1. The number of hydrogen-bond donors (Lipinski definition) is 1. The Balaban J connectivity index is 1.84. The predicted octanol–water partition coefficient (Wildman–Crippen LogP) is 4.52. The fourth-order valence-electron chi connectivity index (χ4n) is 3.69. The van der Waals surface area contributed by atoms with Crippen LogP contribution >= 0.6 is 0 Å². The lowest BCUT2D eigenvalue weighted by atomic mass is 9.89. The van der Waals surface area contributed by atoms with Gasteiger partial charge in [-0.25, -0.2) is 9.97 Å². The maximum atomic E-state index is 13.8. The maximum Gasteiger partial charge on any atom is 0.286 e. The third kappa shape index (κ3) is 3.72. The van der Waals surface area contributed by atoms with E-state index >= 15 is 0 Å². The largest absolute Gasteiger partial charge is 0.381 e. The molecule has 0 spiro atoms. The van der Waals surface area contributed by atoms with Crippen molar-refractivity contribution in [1.29, 1.82) is 0 Å². The Morgan fingerprint density at radius 2 is 2.10 bits per heavy atom. The standard InChI is InChI=1S/C21H22F2N4O2/c1-12(28)25-20-9-15-16(17-5-4-6-19(26-17)21(2,22)23)11-27(18(15)10-24-20)13-7-14(8-13)29-3/h4-6,9-11,13-14H,7-8H2,1-3H3,(H,24,25,28). The molecule has 0 atom stereocenters. The van der Waals surface area contributed by atoms with Crippen LogP contribution in [0.25, 0.3) is 22.2 Å². The molecule has 1 fully saturated rings. The number of carbonyl (C=O) groups is 1. The second-order valence-corrected chi connectivity index (χ2v) is 7.50. The molecule has 3 heterocycles. The summed E-state index contributed by atoms with van der Waals surface area (Å²) >= 11 is 0. The van der Waals surface area contributed by atoms with Gasteiger partial charge in [-0.05, 0) is 31.0 Å². The van der Waals surface area contributed by atoms with Crippen molar-refractivity contribution < 1.29 is 18.3 Å². The van der Waals surface area contributed by atoms with E-state index in [-0.39, 0.29) is 23.7 Å². The Labute approximate surface area is 166 Å². The van der Waals surface area contributed by atoms with Crippen molar-refractivity contribution in [3.8, 4) is 11.3 Å². The SMILES string of the molecule is COC1CC(n2cc(-c3cccc(C(C)(F)F)n3)c3cc(NC(C)=O)ncc32)C1. The minimum atomic E-state index is -3.03. The lowest BCUT2D eigenvalue weighted by Crippen LogP contribution is -2.32. The zero-order chi connectivity index (χ0) is 20.8. The summed E-state index contributed by atoms with van der Waals surface area (Å²) in [5.41, 5.74) is 1.76. The zero-order valence-electron chi connectivity index (χ0n) is 16.4. The van der Waals surface area contributed by atoms with Gasteiger partial charge in [-0.2, -0.15) is 8.78 Å². The minimum Gasteiger partial charge on any atom is -0.381 e. The molecule has 1 amide bonds. The number of nitrogens with zero attached hydrogens (tertiary/aromatic N) is 3. The minimum absolute atomic E-state index is 0.216. The van der Waals surface area contributed by atoms with Gasteiger partial charge in [-0.15, -0.1) is 0 Å². The molecule has 1 aliphatic carbocycles. The second kappa shape index (κ2) is 7.18. The molecule has 1 aliphatic rings. The fraction of sp³-hybridized carbons (Fsp3) is 0.381. The normalized spacial score (nSPS) is 19.2. The number of aromatic nitrogens is 3. The molecule has 152 valence electrons. The van der Waals surface area contributed by atoms with Crippen LogP contribution in [0.5, 0.6) is 0 Å². The van der Waals surface area contributed by atoms with Gasteiger partial charge in [0.05, 0.1) is 23.5 Å². The summed E-state index contributed by atoms with van der Waals surface area (Å²) in [5, 5.41) is 3.47. The summed E-state index contributed by atoms with van der Waals surface area (Å²) in [6.07, 6.45) is 5.58. The summed E-state index contributed by atoms with van der Waals surface area (Å²) in [6, 6.07) is 6.61. The summed E-state index contributed by atoms with van der Waals surface area (Å²) in [7, 11) is 1.70. The molecule has 3 aromatic rings. The van der Waals surface area contributed by atoms with Crippen molar-refractivity contribution in [1.82, 2.24) is 14.5 Å². The van der Waals surface area contributed by atoms with E-state index in [1.165, 1.54) is 13.0 Å². The molecule has 0 aromatic carbocycles. The van der Waals surface area contributed by atoms with Crippen LogP contribution in [0.1, 0.15) is 38.4 Å². The molecular weight excluding hydrogens is 378 g/mol. The smallest absolute Gasteiger partial charge is 0.286 e. The number of halogens is 2. The van der Waals surface area contributed by atoms with Crippen molar-refractivity contribution >= 4 is 22.6 Å². The number of pyridine rings is 2. The molecule has 4 rings (SSSR count). The lowest BCUT2D eigenvalue weighted by molar-refractivity contribution is -0.114. The van der Waals surface area contributed by atoms with Gasteiger partial charge in [0.25, 0.3) is 5.92 Å². The first-order valence-corrected chi connectivity index (χ1v) is 9.43. The maximum absolute atomic E-state index is 13.8. The number of alkyl halides is 2. The van der Waals surface area contributed by atoms with Crippen LogP contribution in [0.3, 0.4) is 0 Å². The van der Waals surface area contributed by atoms with Crippen LogP contribution in [0, 0.1) is 0 Å². The number of nitrogens with one attached hydrogen (secondary N) is 1. The molecule has 6 nitrogen and oxygen atoms in total. The van der Waals surface area contributed by atoms with Crippen LogP contribution in [0.15, 0.2) is 36.7 Å². The van der Waals surface area contributed by atoms with E-state index in [9.17, 15) is 13.6 Å². The van der Waals surface area contributed by atoms with E-state index < -0.39 is 5.92 Å². The molecule has 0 bridgehead atoms. The number of hydrogen-bond acceptors (Lipinski definition) is 4. The Bertz CT molecular complexity index is 1070. The highest BCUT2D eigenvalue weighted by molar-refractivity contribution is 5.98. The Kier molecular flexibility index (Phi) is 4.82. The molecule has 0 aliphatic heterocycles. The molecular formula is C21H22F2N4O2. The van der Waals surface area contributed by atoms with Crippen molar-refractivity contribution in [2.75, 3.05) is 12.4 Å². The van der Waals surface area contributed by atoms with Gasteiger partial charge < -0.3 is 14.6 Å². The van der Waals surface area contributed by atoms with Gasteiger partial charge in [-0.1, -0.05) is 6.07 Å². The Hall–Kier alpha value is -2.87. The summed E-state index contributed by atoms with van der Waals surface area (Å²) in [6.45, 7) is 2.24. The highest BCUT2D eigenvalue weighted by Crippen LogP contribution is 2.40. The van der Waals surface area contributed by atoms with Gasteiger partial charge >= 0.3 is 0 Å². The first-order valence-electron chi connectivity index (χ1n) is 9.43.